The SMILES string of the molecule is COc1ccc(/C=N/NC(=O)CNc2ccc3ccccc3c2)cc1OCC(N)=O. The molecule has 2 amide bonds. The highest BCUT2D eigenvalue weighted by molar-refractivity contribution is 5.88. The van der Waals surface area contributed by atoms with Crippen LogP contribution in [0, 0.1) is 0 Å². The van der Waals surface area contributed by atoms with E-state index in [9.17, 15) is 9.59 Å². The van der Waals surface area contributed by atoms with Crippen LogP contribution in [0.2, 0.25) is 0 Å². The highest BCUT2D eigenvalue weighted by atomic mass is 16.5. The second-order valence-electron chi connectivity index (χ2n) is 6.37. The highest BCUT2D eigenvalue weighted by Crippen LogP contribution is 2.27. The topological polar surface area (TPSA) is 115 Å². The molecule has 30 heavy (non-hydrogen) atoms. The average Bonchev–Trinajstić information content (AvgIpc) is 2.76. The molecule has 0 aliphatic heterocycles. The molecule has 0 heterocycles. The predicted molar refractivity (Wildman–Crippen MR) is 116 cm³/mol. The van der Waals surface area contributed by atoms with Gasteiger partial charge in [0.2, 0.25) is 0 Å². The van der Waals surface area contributed by atoms with Gasteiger partial charge in [0.15, 0.2) is 18.1 Å². The number of hydrogen-bond acceptors (Lipinski definition) is 6. The predicted octanol–water partition coefficient (Wildman–Crippen LogP) is 2.27. The van der Waals surface area contributed by atoms with Crippen LogP contribution in [0.25, 0.3) is 10.8 Å². The van der Waals surface area contributed by atoms with Crippen molar-refractivity contribution in [3.05, 3.63) is 66.2 Å². The summed E-state index contributed by atoms with van der Waals surface area (Å²) in [5.74, 6) is -0.0815. The van der Waals surface area contributed by atoms with Crippen molar-refractivity contribution in [2.45, 2.75) is 0 Å². The molecule has 0 aliphatic rings. The number of benzene rings is 3. The third-order valence-corrected chi connectivity index (χ3v) is 4.16. The van der Waals surface area contributed by atoms with Gasteiger partial charge >= 0.3 is 0 Å². The number of primary amides is 1. The minimum atomic E-state index is -0.595. The molecule has 4 N–H and O–H groups in total. The molecule has 3 aromatic rings. The van der Waals surface area contributed by atoms with Gasteiger partial charge in [-0.1, -0.05) is 30.3 Å². The van der Waals surface area contributed by atoms with Gasteiger partial charge in [-0.05, 0) is 46.7 Å². The van der Waals surface area contributed by atoms with Crippen molar-refractivity contribution >= 4 is 34.5 Å². The molecule has 0 unspecified atom stereocenters. The van der Waals surface area contributed by atoms with Crippen molar-refractivity contribution in [1.29, 1.82) is 0 Å². The van der Waals surface area contributed by atoms with Gasteiger partial charge in [0.1, 0.15) is 0 Å². The van der Waals surface area contributed by atoms with Crippen LogP contribution >= 0.6 is 0 Å². The van der Waals surface area contributed by atoms with E-state index >= 15 is 0 Å². The molecule has 0 atom stereocenters. The zero-order valence-corrected chi connectivity index (χ0v) is 16.4. The number of nitrogens with zero attached hydrogens (tertiary/aromatic N) is 1. The minimum Gasteiger partial charge on any atom is -0.493 e. The van der Waals surface area contributed by atoms with Gasteiger partial charge in [-0.2, -0.15) is 5.10 Å². The first-order valence-electron chi connectivity index (χ1n) is 9.19. The Balaban J connectivity index is 1.54. The number of carbonyl (C=O) groups is 2. The zero-order valence-electron chi connectivity index (χ0n) is 16.4. The average molecular weight is 406 g/mol. The quantitative estimate of drug-likeness (QED) is 0.372. The van der Waals surface area contributed by atoms with E-state index in [0.29, 0.717) is 17.1 Å². The van der Waals surface area contributed by atoms with Gasteiger partial charge in [-0.25, -0.2) is 5.43 Å². The summed E-state index contributed by atoms with van der Waals surface area (Å²) in [4.78, 5) is 22.9. The van der Waals surface area contributed by atoms with E-state index in [1.165, 1.54) is 13.3 Å². The number of hydrazone groups is 1. The van der Waals surface area contributed by atoms with E-state index in [1.54, 1.807) is 18.2 Å². The van der Waals surface area contributed by atoms with Crippen LogP contribution in [0.15, 0.2) is 65.8 Å². The summed E-state index contributed by atoms with van der Waals surface area (Å²) < 4.78 is 10.5. The number of rotatable bonds is 9. The zero-order chi connectivity index (χ0) is 21.3. The lowest BCUT2D eigenvalue weighted by molar-refractivity contribution is -0.120. The number of fused-ring (bicyclic) bond motifs is 1. The number of ether oxygens (including phenoxy) is 2. The Morgan fingerprint density at radius 1 is 1.03 bits per heavy atom. The number of carbonyl (C=O) groups excluding carboxylic acids is 2. The summed E-state index contributed by atoms with van der Waals surface area (Å²) in [6.07, 6.45) is 1.46. The van der Waals surface area contributed by atoms with Gasteiger partial charge in [0.25, 0.3) is 11.8 Å². The Morgan fingerprint density at radius 3 is 2.60 bits per heavy atom. The largest absolute Gasteiger partial charge is 0.493 e. The number of anilines is 1. The second-order valence-corrected chi connectivity index (χ2v) is 6.37. The Kier molecular flexibility index (Phi) is 6.83. The van der Waals surface area contributed by atoms with Crippen molar-refractivity contribution in [3.63, 3.8) is 0 Å². The smallest absolute Gasteiger partial charge is 0.259 e. The first-order chi connectivity index (χ1) is 14.5. The van der Waals surface area contributed by atoms with Gasteiger partial charge in [-0.3, -0.25) is 9.59 Å². The van der Waals surface area contributed by atoms with Gasteiger partial charge in [0.05, 0.1) is 19.9 Å². The fourth-order valence-electron chi connectivity index (χ4n) is 2.74. The Hall–Kier alpha value is -4.07. The molecule has 0 aromatic heterocycles. The number of methoxy groups -OCH3 is 1. The van der Waals surface area contributed by atoms with Crippen LogP contribution in [0.3, 0.4) is 0 Å². The van der Waals surface area contributed by atoms with E-state index in [-0.39, 0.29) is 19.1 Å². The molecule has 0 spiro atoms. The maximum absolute atomic E-state index is 12.0. The van der Waals surface area contributed by atoms with Gasteiger partial charge in [0, 0.05) is 5.69 Å². The fraction of sp³-hybridized carbons (Fsp3) is 0.136. The van der Waals surface area contributed by atoms with Crippen LogP contribution in [0.5, 0.6) is 11.5 Å². The molecule has 0 radical (unpaired) electrons. The lowest BCUT2D eigenvalue weighted by atomic mass is 10.1. The molecule has 8 nitrogen and oxygen atoms in total. The van der Waals surface area contributed by atoms with Crippen molar-refractivity contribution < 1.29 is 19.1 Å². The van der Waals surface area contributed by atoms with Crippen molar-refractivity contribution in [2.75, 3.05) is 25.6 Å². The summed E-state index contributed by atoms with van der Waals surface area (Å²) in [5, 5.41) is 9.24. The minimum absolute atomic E-state index is 0.0747. The first kappa shape index (κ1) is 20.7. The van der Waals surface area contributed by atoms with Crippen LogP contribution in [-0.2, 0) is 9.59 Å². The van der Waals surface area contributed by atoms with Crippen molar-refractivity contribution in [1.82, 2.24) is 5.43 Å². The first-order valence-corrected chi connectivity index (χ1v) is 9.19. The molecule has 0 saturated carbocycles. The third kappa shape index (κ3) is 5.71. The van der Waals surface area contributed by atoms with E-state index in [1.807, 2.05) is 42.5 Å². The maximum Gasteiger partial charge on any atom is 0.259 e. The molecule has 0 fully saturated rings. The second kappa shape index (κ2) is 9.92. The van der Waals surface area contributed by atoms with Crippen molar-refractivity contribution in [2.24, 2.45) is 10.8 Å². The van der Waals surface area contributed by atoms with E-state index in [4.69, 9.17) is 15.2 Å². The summed E-state index contributed by atoms with van der Waals surface area (Å²) in [7, 11) is 1.49. The summed E-state index contributed by atoms with van der Waals surface area (Å²) in [6.45, 7) is -0.195. The summed E-state index contributed by atoms with van der Waals surface area (Å²) in [5.41, 5.74) is 9.05. The number of nitrogens with one attached hydrogen (secondary N) is 2. The molecule has 8 heteroatoms. The Bertz CT molecular complexity index is 1080. The van der Waals surface area contributed by atoms with Gasteiger partial charge in [-0.15, -0.1) is 0 Å². The number of hydrogen-bond donors (Lipinski definition) is 3. The normalized spacial score (nSPS) is 10.7. The summed E-state index contributed by atoms with van der Waals surface area (Å²) >= 11 is 0. The standard InChI is InChI=1S/C22H22N4O4/c1-29-19-9-6-15(10-20(19)30-14-21(23)27)12-25-26-22(28)13-24-18-8-7-16-4-2-3-5-17(16)11-18/h2-12,24H,13-14H2,1H3,(H2,23,27)(H,26,28)/b25-12+. The molecule has 154 valence electrons. The van der Waals surface area contributed by atoms with Crippen LogP contribution in [0.1, 0.15) is 5.56 Å². The lowest BCUT2D eigenvalue weighted by Crippen LogP contribution is -2.25. The Morgan fingerprint density at radius 2 is 1.83 bits per heavy atom. The Labute approximate surface area is 173 Å². The van der Waals surface area contributed by atoms with E-state index in [0.717, 1.165) is 16.5 Å². The molecule has 3 aromatic carbocycles. The van der Waals surface area contributed by atoms with Crippen LogP contribution < -0.4 is 25.9 Å². The molecule has 0 bridgehead atoms. The summed E-state index contributed by atoms with van der Waals surface area (Å²) in [6, 6.07) is 18.9. The maximum atomic E-state index is 12.0. The van der Waals surface area contributed by atoms with Crippen LogP contribution in [0.4, 0.5) is 5.69 Å². The van der Waals surface area contributed by atoms with E-state index < -0.39 is 5.91 Å². The fourth-order valence-corrected chi connectivity index (χ4v) is 2.74. The molecule has 3 rings (SSSR count). The van der Waals surface area contributed by atoms with Crippen molar-refractivity contribution in [3.8, 4) is 11.5 Å². The highest BCUT2D eigenvalue weighted by Gasteiger charge is 2.07. The van der Waals surface area contributed by atoms with E-state index in [2.05, 4.69) is 15.8 Å². The number of amides is 2. The molecule has 0 saturated heterocycles. The molecular weight excluding hydrogens is 384 g/mol. The molecule has 0 aliphatic carbocycles. The van der Waals surface area contributed by atoms with Crippen LogP contribution in [-0.4, -0.2) is 38.3 Å². The third-order valence-electron chi connectivity index (χ3n) is 4.16. The molecular formula is C22H22N4O4. The number of nitrogens with two attached hydrogens (primary N) is 1. The monoisotopic (exact) mass is 406 g/mol. The van der Waals surface area contributed by atoms with Gasteiger partial charge < -0.3 is 20.5 Å². The lowest BCUT2D eigenvalue weighted by Gasteiger charge is -2.10.